The first kappa shape index (κ1) is 16.8. The fourth-order valence-electron chi connectivity index (χ4n) is 2.08. The van der Waals surface area contributed by atoms with E-state index in [1.165, 1.54) is 37.4 Å². The Labute approximate surface area is 132 Å². The van der Waals surface area contributed by atoms with Crippen LogP contribution in [0.5, 0.6) is 5.75 Å². The Hall–Kier alpha value is -2.61. The van der Waals surface area contributed by atoms with Gasteiger partial charge in [-0.05, 0) is 42.8 Å². The summed E-state index contributed by atoms with van der Waals surface area (Å²) >= 11 is 0. The number of nitrogens with one attached hydrogen (secondary N) is 1. The first-order valence-electron chi connectivity index (χ1n) is 6.45. The smallest absolute Gasteiger partial charge is 0.340 e. The average molecular weight is 339 g/mol. The highest BCUT2D eigenvalue weighted by Gasteiger charge is 2.22. The number of carboxylic acids is 1. The van der Waals surface area contributed by atoms with E-state index >= 15 is 0 Å². The third-order valence-electron chi connectivity index (χ3n) is 3.14. The summed E-state index contributed by atoms with van der Waals surface area (Å²) < 4.78 is 45.6. The summed E-state index contributed by atoms with van der Waals surface area (Å²) in [6, 6.07) is 7.67. The third-order valence-corrected chi connectivity index (χ3v) is 4.67. The number of aryl methyl sites for hydroxylation is 1. The molecule has 23 heavy (non-hydrogen) atoms. The van der Waals surface area contributed by atoms with Gasteiger partial charge in [-0.15, -0.1) is 0 Å². The quantitative estimate of drug-likeness (QED) is 0.873. The molecule has 0 amide bonds. The average Bonchev–Trinajstić information content (AvgIpc) is 2.45. The molecule has 0 spiro atoms. The summed E-state index contributed by atoms with van der Waals surface area (Å²) in [6.45, 7) is 1.57. The molecule has 0 aromatic heterocycles. The fraction of sp³-hybridized carbons (Fsp3) is 0.133. The van der Waals surface area contributed by atoms with Crippen molar-refractivity contribution in [3.05, 3.63) is 53.3 Å². The zero-order valence-corrected chi connectivity index (χ0v) is 13.1. The molecule has 6 nitrogen and oxygen atoms in total. The molecule has 0 saturated carbocycles. The molecule has 0 heterocycles. The summed E-state index contributed by atoms with van der Waals surface area (Å²) in [7, 11) is -2.63. The van der Waals surface area contributed by atoms with Crippen LogP contribution in [-0.4, -0.2) is 26.6 Å². The molecule has 0 radical (unpaired) electrons. The predicted octanol–water partition coefficient (Wildman–Crippen LogP) is 2.64. The summed E-state index contributed by atoms with van der Waals surface area (Å²) in [5.74, 6) is -2.10. The Kier molecular flexibility index (Phi) is 4.55. The number of aromatic carboxylic acids is 1. The maximum atomic E-state index is 13.6. The van der Waals surface area contributed by atoms with Gasteiger partial charge in [0.1, 0.15) is 17.1 Å². The van der Waals surface area contributed by atoms with E-state index in [-0.39, 0.29) is 10.6 Å². The number of benzene rings is 2. The zero-order chi connectivity index (χ0) is 17.2. The summed E-state index contributed by atoms with van der Waals surface area (Å²) in [6.07, 6.45) is 0. The van der Waals surface area contributed by atoms with Crippen molar-refractivity contribution >= 4 is 21.7 Å². The Morgan fingerprint density at radius 1 is 1.26 bits per heavy atom. The van der Waals surface area contributed by atoms with Crippen LogP contribution in [0.2, 0.25) is 0 Å². The minimum Gasteiger partial charge on any atom is -0.497 e. The van der Waals surface area contributed by atoms with Gasteiger partial charge in [-0.3, -0.25) is 4.72 Å². The number of hydrogen-bond donors (Lipinski definition) is 2. The number of anilines is 1. The second-order valence-electron chi connectivity index (χ2n) is 4.70. The molecule has 0 aliphatic heterocycles. The predicted molar refractivity (Wildman–Crippen MR) is 81.9 cm³/mol. The molecular weight excluding hydrogens is 325 g/mol. The van der Waals surface area contributed by atoms with Crippen LogP contribution in [0.15, 0.2) is 41.3 Å². The molecule has 0 bridgehead atoms. The van der Waals surface area contributed by atoms with Crippen LogP contribution < -0.4 is 9.46 Å². The Morgan fingerprint density at radius 2 is 1.96 bits per heavy atom. The van der Waals surface area contributed by atoms with E-state index in [4.69, 9.17) is 9.84 Å². The van der Waals surface area contributed by atoms with Crippen LogP contribution in [0.25, 0.3) is 0 Å². The zero-order valence-electron chi connectivity index (χ0n) is 12.3. The van der Waals surface area contributed by atoms with Crippen molar-refractivity contribution in [2.24, 2.45) is 0 Å². The van der Waals surface area contributed by atoms with Gasteiger partial charge in [0.15, 0.2) is 0 Å². The van der Waals surface area contributed by atoms with E-state index < -0.39 is 27.4 Å². The van der Waals surface area contributed by atoms with Crippen molar-refractivity contribution < 1.29 is 27.4 Å². The largest absolute Gasteiger partial charge is 0.497 e. The third kappa shape index (κ3) is 3.42. The van der Waals surface area contributed by atoms with Crippen molar-refractivity contribution in [3.8, 4) is 5.75 Å². The number of carbonyl (C=O) groups is 1. The lowest BCUT2D eigenvalue weighted by atomic mass is 10.2. The molecule has 0 atom stereocenters. The van der Waals surface area contributed by atoms with Crippen LogP contribution in [0.4, 0.5) is 10.1 Å². The summed E-state index contributed by atoms with van der Waals surface area (Å²) in [4.78, 5) is 11.1. The van der Waals surface area contributed by atoms with E-state index in [0.29, 0.717) is 11.3 Å². The highest BCUT2D eigenvalue weighted by Crippen LogP contribution is 2.26. The van der Waals surface area contributed by atoms with Crippen molar-refractivity contribution in [1.29, 1.82) is 0 Å². The highest BCUT2D eigenvalue weighted by atomic mass is 32.2. The van der Waals surface area contributed by atoms with E-state index in [2.05, 4.69) is 4.72 Å². The minimum atomic E-state index is -4.08. The number of halogens is 1. The molecule has 2 aromatic carbocycles. The van der Waals surface area contributed by atoms with E-state index in [1.807, 2.05) is 0 Å². The SMILES string of the molecule is COc1ccc(S(=O)(=O)Nc2cccc(F)c2C(=O)O)c(C)c1. The lowest BCUT2D eigenvalue weighted by Gasteiger charge is -2.13. The number of methoxy groups -OCH3 is 1. The second-order valence-corrected chi connectivity index (χ2v) is 6.36. The van der Waals surface area contributed by atoms with Crippen LogP contribution in [-0.2, 0) is 10.0 Å². The number of sulfonamides is 1. The Balaban J connectivity index is 2.48. The molecule has 0 fully saturated rings. The standard InChI is InChI=1S/C15H14FNO5S/c1-9-8-10(22-2)6-7-13(9)23(20,21)17-12-5-3-4-11(16)14(12)15(18)19/h3-8,17H,1-2H3,(H,18,19). The first-order valence-corrected chi connectivity index (χ1v) is 7.94. The molecular formula is C15H14FNO5S. The normalized spacial score (nSPS) is 11.1. The highest BCUT2D eigenvalue weighted by molar-refractivity contribution is 7.92. The van der Waals surface area contributed by atoms with Gasteiger partial charge in [0.25, 0.3) is 10.0 Å². The monoisotopic (exact) mass is 339 g/mol. The maximum absolute atomic E-state index is 13.6. The van der Waals surface area contributed by atoms with E-state index in [1.54, 1.807) is 6.92 Å². The Morgan fingerprint density at radius 3 is 2.52 bits per heavy atom. The molecule has 0 saturated heterocycles. The van der Waals surface area contributed by atoms with Gasteiger partial charge >= 0.3 is 5.97 Å². The Bertz CT molecular complexity index is 864. The lowest BCUT2D eigenvalue weighted by Crippen LogP contribution is -2.17. The lowest BCUT2D eigenvalue weighted by molar-refractivity contribution is 0.0693. The van der Waals surface area contributed by atoms with Crippen molar-refractivity contribution in [2.75, 3.05) is 11.8 Å². The fourth-order valence-corrected chi connectivity index (χ4v) is 3.38. The molecule has 122 valence electrons. The second kappa shape index (κ2) is 6.25. The maximum Gasteiger partial charge on any atom is 0.340 e. The van der Waals surface area contributed by atoms with Gasteiger partial charge in [-0.2, -0.15) is 0 Å². The molecule has 0 unspecified atom stereocenters. The van der Waals surface area contributed by atoms with Crippen molar-refractivity contribution in [1.82, 2.24) is 0 Å². The van der Waals surface area contributed by atoms with Gasteiger partial charge < -0.3 is 9.84 Å². The van der Waals surface area contributed by atoms with Crippen molar-refractivity contribution in [3.63, 3.8) is 0 Å². The minimum absolute atomic E-state index is 0.0566. The topological polar surface area (TPSA) is 92.7 Å². The molecule has 2 aromatic rings. The van der Waals surface area contributed by atoms with Gasteiger partial charge in [0.2, 0.25) is 0 Å². The summed E-state index contributed by atoms with van der Waals surface area (Å²) in [5, 5.41) is 9.05. The van der Waals surface area contributed by atoms with Gasteiger partial charge in [0, 0.05) is 0 Å². The molecule has 2 rings (SSSR count). The van der Waals surface area contributed by atoms with Crippen LogP contribution in [0.1, 0.15) is 15.9 Å². The van der Waals surface area contributed by atoms with Gasteiger partial charge in [-0.25, -0.2) is 17.6 Å². The van der Waals surface area contributed by atoms with E-state index in [0.717, 1.165) is 6.07 Å². The number of carboxylic acid groups (broad SMARTS) is 1. The van der Waals surface area contributed by atoms with Gasteiger partial charge in [-0.1, -0.05) is 6.07 Å². The van der Waals surface area contributed by atoms with E-state index in [9.17, 15) is 17.6 Å². The molecule has 0 aliphatic carbocycles. The first-order chi connectivity index (χ1) is 10.8. The van der Waals surface area contributed by atoms with Gasteiger partial charge in [0.05, 0.1) is 17.7 Å². The number of hydrogen-bond acceptors (Lipinski definition) is 4. The van der Waals surface area contributed by atoms with Crippen LogP contribution >= 0.6 is 0 Å². The molecule has 0 aliphatic rings. The van der Waals surface area contributed by atoms with Crippen LogP contribution in [0, 0.1) is 12.7 Å². The molecule has 2 N–H and O–H groups in total. The van der Waals surface area contributed by atoms with Crippen LogP contribution in [0.3, 0.4) is 0 Å². The molecule has 8 heteroatoms. The van der Waals surface area contributed by atoms with Crippen molar-refractivity contribution in [2.45, 2.75) is 11.8 Å². The number of ether oxygens (including phenoxy) is 1. The summed E-state index contributed by atoms with van der Waals surface area (Å²) in [5.41, 5.74) is -0.667. The number of rotatable bonds is 5.